The highest BCUT2D eigenvalue weighted by molar-refractivity contribution is 6.33. The molecule has 1 nitrogen and oxygen atoms in total. The number of benzene rings is 5. The lowest BCUT2D eigenvalue weighted by Crippen LogP contribution is -2.03. The lowest BCUT2D eigenvalue weighted by Gasteiger charge is -2.21. The summed E-state index contributed by atoms with van der Waals surface area (Å²) in [6.45, 7) is 0. The van der Waals surface area contributed by atoms with E-state index in [0.29, 0.717) is 0 Å². The second kappa shape index (κ2) is 8.08. The minimum absolute atomic E-state index is 1.04. The van der Waals surface area contributed by atoms with Gasteiger partial charge in [0.05, 0.1) is 11.0 Å². The van der Waals surface area contributed by atoms with Crippen molar-refractivity contribution in [3.63, 3.8) is 0 Å². The van der Waals surface area contributed by atoms with Crippen molar-refractivity contribution in [2.24, 2.45) is 0 Å². The molecule has 8 rings (SSSR count). The van der Waals surface area contributed by atoms with E-state index in [9.17, 15) is 0 Å². The zero-order valence-electron chi connectivity index (χ0n) is 20.7. The summed E-state index contributed by atoms with van der Waals surface area (Å²) in [7, 11) is 0. The smallest absolute Gasteiger partial charge is 0.0622 e. The summed E-state index contributed by atoms with van der Waals surface area (Å²) in [5, 5.41) is 10.6. The van der Waals surface area contributed by atoms with Gasteiger partial charge >= 0.3 is 0 Å². The molecule has 0 saturated heterocycles. The first-order valence-electron chi connectivity index (χ1n) is 13.4. The van der Waals surface area contributed by atoms with Gasteiger partial charge in [-0.1, -0.05) is 97.1 Å². The van der Waals surface area contributed by atoms with E-state index in [2.05, 4.69) is 120 Å². The molecule has 1 heteroatoms. The molecule has 0 saturated carbocycles. The maximum atomic E-state index is 2.58. The van der Waals surface area contributed by atoms with Crippen molar-refractivity contribution in [3.05, 3.63) is 126 Å². The summed E-state index contributed by atoms with van der Waals surface area (Å²) in [6, 6.07) is 31.5. The van der Waals surface area contributed by atoms with Crippen LogP contribution >= 0.6 is 0 Å². The van der Waals surface area contributed by atoms with Crippen LogP contribution in [0.1, 0.15) is 25.7 Å². The monoisotopic (exact) mass is 473 g/mol. The van der Waals surface area contributed by atoms with Crippen molar-refractivity contribution in [2.45, 2.75) is 25.7 Å². The first-order chi connectivity index (χ1) is 18.4. The molecule has 2 aliphatic rings. The quantitative estimate of drug-likeness (QED) is 0.220. The molecule has 2 aliphatic carbocycles. The third-order valence-corrected chi connectivity index (χ3v) is 8.34. The Bertz CT molecular complexity index is 2020. The van der Waals surface area contributed by atoms with E-state index in [-0.39, 0.29) is 0 Å². The highest BCUT2D eigenvalue weighted by atomic mass is 15.0. The van der Waals surface area contributed by atoms with Crippen LogP contribution in [0.15, 0.2) is 126 Å². The highest BCUT2D eigenvalue weighted by Crippen LogP contribution is 2.44. The van der Waals surface area contributed by atoms with Crippen molar-refractivity contribution in [2.75, 3.05) is 0 Å². The summed E-state index contributed by atoms with van der Waals surface area (Å²) in [6.07, 6.45) is 16.0. The van der Waals surface area contributed by atoms with Gasteiger partial charge < -0.3 is 4.57 Å². The van der Waals surface area contributed by atoms with Gasteiger partial charge in [0.15, 0.2) is 0 Å². The average Bonchev–Trinajstić information content (AvgIpc) is 3.31. The topological polar surface area (TPSA) is 4.93 Å². The maximum absolute atomic E-state index is 2.58. The van der Waals surface area contributed by atoms with E-state index in [1.54, 1.807) is 0 Å². The van der Waals surface area contributed by atoms with Crippen LogP contribution in [-0.2, 0) is 0 Å². The van der Waals surface area contributed by atoms with E-state index >= 15 is 0 Å². The molecule has 0 bridgehead atoms. The van der Waals surface area contributed by atoms with Crippen LogP contribution in [0.2, 0.25) is 0 Å². The molecule has 0 fully saturated rings. The molecule has 0 atom stereocenters. The fourth-order valence-electron chi connectivity index (χ4n) is 6.61. The third kappa shape index (κ3) is 3.10. The summed E-state index contributed by atoms with van der Waals surface area (Å²) in [5.74, 6) is 0. The lowest BCUT2D eigenvalue weighted by molar-refractivity contribution is 0.885. The number of rotatable bonds is 2. The van der Waals surface area contributed by atoms with Crippen molar-refractivity contribution < 1.29 is 0 Å². The van der Waals surface area contributed by atoms with Crippen LogP contribution < -0.4 is 0 Å². The van der Waals surface area contributed by atoms with Crippen molar-refractivity contribution in [3.8, 4) is 0 Å². The van der Waals surface area contributed by atoms with Crippen LogP contribution in [0.5, 0.6) is 0 Å². The van der Waals surface area contributed by atoms with Crippen LogP contribution in [0.4, 0.5) is 0 Å². The van der Waals surface area contributed by atoms with Gasteiger partial charge in [-0.25, -0.2) is 0 Å². The molecule has 0 amide bonds. The van der Waals surface area contributed by atoms with Gasteiger partial charge in [-0.2, -0.15) is 0 Å². The van der Waals surface area contributed by atoms with Crippen molar-refractivity contribution in [1.29, 1.82) is 0 Å². The van der Waals surface area contributed by atoms with E-state index in [4.69, 9.17) is 0 Å². The normalized spacial score (nSPS) is 16.1. The average molecular weight is 474 g/mol. The predicted molar refractivity (Wildman–Crippen MR) is 160 cm³/mol. The Morgan fingerprint density at radius 2 is 1.22 bits per heavy atom. The molecule has 0 spiro atoms. The minimum atomic E-state index is 1.04. The summed E-state index contributed by atoms with van der Waals surface area (Å²) in [5.41, 5.74) is 7.02. The molecule has 37 heavy (non-hydrogen) atoms. The van der Waals surface area contributed by atoms with E-state index in [1.807, 2.05) is 0 Å². The van der Waals surface area contributed by atoms with E-state index in [0.717, 1.165) is 25.7 Å². The molecule has 1 heterocycles. The summed E-state index contributed by atoms with van der Waals surface area (Å²) in [4.78, 5) is 0. The number of hydrogen-bond acceptors (Lipinski definition) is 0. The van der Waals surface area contributed by atoms with Crippen LogP contribution in [0, 0.1) is 0 Å². The second-order valence-electron chi connectivity index (χ2n) is 10.4. The SMILES string of the molecule is C1=CCCC(C2=CC=C(n3c4cc5ccccc5cc4c4c5ccccc5c5ccccc5c43)CC2)=C1. The zero-order chi connectivity index (χ0) is 24.3. The molecule has 0 radical (unpaired) electrons. The molecule has 5 aromatic carbocycles. The van der Waals surface area contributed by atoms with Crippen LogP contribution in [0.25, 0.3) is 59.8 Å². The van der Waals surface area contributed by atoms with Gasteiger partial charge in [-0.3, -0.25) is 0 Å². The molecule has 0 N–H and O–H groups in total. The molecule has 0 unspecified atom stereocenters. The predicted octanol–water partition coefficient (Wildman–Crippen LogP) is 10.1. The lowest BCUT2D eigenvalue weighted by atomic mass is 9.90. The van der Waals surface area contributed by atoms with E-state index in [1.165, 1.54) is 71.0 Å². The largest absolute Gasteiger partial charge is 0.312 e. The molecular weight excluding hydrogens is 446 g/mol. The summed E-state index contributed by atoms with van der Waals surface area (Å²) >= 11 is 0. The Labute approximate surface area is 216 Å². The maximum Gasteiger partial charge on any atom is 0.0622 e. The van der Waals surface area contributed by atoms with Gasteiger partial charge in [0.1, 0.15) is 0 Å². The Kier molecular flexibility index (Phi) is 4.54. The van der Waals surface area contributed by atoms with Crippen LogP contribution in [-0.4, -0.2) is 4.57 Å². The van der Waals surface area contributed by atoms with Gasteiger partial charge in [-0.15, -0.1) is 0 Å². The molecule has 176 valence electrons. The standard InChI is InChI=1S/C36H27N/c1-2-10-24(11-3-1)25-18-20-28(21-19-25)37-34-23-27-13-5-4-12-26(27)22-33(34)35-31-16-8-6-14-29(31)30-15-7-9-17-32(30)36(35)37/h1-2,4-10,12-18,20,22-23H,3,11,19,21H2. The second-order valence-corrected chi connectivity index (χ2v) is 10.4. The number of allylic oxidation sites excluding steroid dienone is 8. The fraction of sp³-hybridized carbons (Fsp3) is 0.111. The number of nitrogens with zero attached hydrogens (tertiary/aromatic N) is 1. The fourth-order valence-corrected chi connectivity index (χ4v) is 6.61. The van der Waals surface area contributed by atoms with Crippen molar-refractivity contribution >= 4 is 59.8 Å². The Balaban J connectivity index is 1.53. The number of hydrogen-bond donors (Lipinski definition) is 0. The first-order valence-corrected chi connectivity index (χ1v) is 13.4. The van der Waals surface area contributed by atoms with Gasteiger partial charge in [0.2, 0.25) is 0 Å². The zero-order valence-corrected chi connectivity index (χ0v) is 20.7. The van der Waals surface area contributed by atoms with E-state index < -0.39 is 0 Å². The Morgan fingerprint density at radius 3 is 1.95 bits per heavy atom. The van der Waals surface area contributed by atoms with Gasteiger partial charge in [0, 0.05) is 21.9 Å². The third-order valence-electron chi connectivity index (χ3n) is 8.34. The van der Waals surface area contributed by atoms with Crippen molar-refractivity contribution in [1.82, 2.24) is 4.57 Å². The molecule has 0 aliphatic heterocycles. The minimum Gasteiger partial charge on any atom is -0.312 e. The molecule has 1 aromatic heterocycles. The molecular formula is C36H27N. The summed E-state index contributed by atoms with van der Waals surface area (Å²) < 4.78 is 2.58. The Morgan fingerprint density at radius 1 is 0.541 bits per heavy atom. The molecule has 6 aromatic rings. The number of aromatic nitrogens is 1. The van der Waals surface area contributed by atoms with Gasteiger partial charge in [-0.05, 0) is 82.0 Å². The highest BCUT2D eigenvalue weighted by Gasteiger charge is 2.21. The Hall–Kier alpha value is -4.36. The first kappa shape index (κ1) is 20.8. The number of fused-ring (bicyclic) bond motifs is 9. The van der Waals surface area contributed by atoms with Gasteiger partial charge in [0.25, 0.3) is 0 Å². The van der Waals surface area contributed by atoms with Crippen LogP contribution in [0.3, 0.4) is 0 Å².